The summed E-state index contributed by atoms with van der Waals surface area (Å²) < 4.78 is 6.85. The summed E-state index contributed by atoms with van der Waals surface area (Å²) in [5.74, 6) is 0.452. The van der Waals surface area contributed by atoms with E-state index in [4.69, 9.17) is 4.74 Å². The summed E-state index contributed by atoms with van der Waals surface area (Å²) in [6.45, 7) is 2.60. The number of hydrogen-bond acceptors (Lipinski definition) is 5. The van der Waals surface area contributed by atoms with Crippen LogP contribution in [0.3, 0.4) is 0 Å². The molecule has 0 unspecified atom stereocenters. The van der Waals surface area contributed by atoms with Crippen LogP contribution in [0.2, 0.25) is 0 Å². The van der Waals surface area contributed by atoms with E-state index in [9.17, 15) is 10.1 Å². The van der Waals surface area contributed by atoms with Crippen LogP contribution in [0, 0.1) is 10.1 Å². The van der Waals surface area contributed by atoms with Crippen molar-refractivity contribution in [3.63, 3.8) is 0 Å². The molecule has 0 saturated heterocycles. The number of benzene rings is 1. The van der Waals surface area contributed by atoms with E-state index in [1.165, 1.54) is 19.2 Å². The van der Waals surface area contributed by atoms with Gasteiger partial charge in [0.05, 0.1) is 23.8 Å². The summed E-state index contributed by atoms with van der Waals surface area (Å²) in [6, 6.07) is 4.62. The smallest absolute Gasteiger partial charge is 0.275 e. The molecule has 1 N–H and O–H groups in total. The van der Waals surface area contributed by atoms with Crippen LogP contribution in [0.1, 0.15) is 18.2 Å². The molecule has 0 bridgehead atoms. The van der Waals surface area contributed by atoms with Gasteiger partial charge in [-0.25, -0.2) is 0 Å². The first kappa shape index (κ1) is 14.8. The molecule has 0 aliphatic rings. The van der Waals surface area contributed by atoms with Gasteiger partial charge in [0.2, 0.25) is 0 Å². The van der Waals surface area contributed by atoms with E-state index in [1.54, 1.807) is 10.7 Å². The van der Waals surface area contributed by atoms with Gasteiger partial charge in [-0.15, -0.1) is 0 Å². The van der Waals surface area contributed by atoms with Crippen LogP contribution in [-0.2, 0) is 20.0 Å². The van der Waals surface area contributed by atoms with E-state index in [0.29, 0.717) is 18.0 Å². The van der Waals surface area contributed by atoms with Gasteiger partial charge in [0, 0.05) is 43.2 Å². The summed E-state index contributed by atoms with van der Waals surface area (Å²) in [6.07, 6.45) is 2.79. The second kappa shape index (κ2) is 6.25. The fourth-order valence-electron chi connectivity index (χ4n) is 2.13. The Hall–Kier alpha value is -2.57. The highest BCUT2D eigenvalue weighted by Crippen LogP contribution is 2.26. The molecule has 2 rings (SSSR count). The van der Waals surface area contributed by atoms with Crippen molar-refractivity contribution in [2.24, 2.45) is 7.05 Å². The number of hydrogen-bond donors (Lipinski definition) is 1. The second-order valence-electron chi connectivity index (χ2n) is 4.66. The van der Waals surface area contributed by atoms with Crippen LogP contribution < -0.4 is 10.1 Å². The van der Waals surface area contributed by atoms with Crippen molar-refractivity contribution in [2.75, 3.05) is 12.4 Å². The maximum Gasteiger partial charge on any atom is 0.275 e. The Balaban J connectivity index is 2.19. The number of aryl methyl sites for hydroxylation is 2. The lowest BCUT2D eigenvalue weighted by molar-refractivity contribution is -0.384. The number of nitro groups is 1. The molecule has 2 aromatic rings. The highest BCUT2D eigenvalue weighted by Gasteiger charge is 2.11. The monoisotopic (exact) mass is 290 g/mol. The molecule has 21 heavy (non-hydrogen) atoms. The Morgan fingerprint density at radius 1 is 1.43 bits per heavy atom. The average molecular weight is 290 g/mol. The maximum absolute atomic E-state index is 10.9. The minimum atomic E-state index is -0.435. The van der Waals surface area contributed by atoms with Crippen molar-refractivity contribution in [3.05, 3.63) is 45.8 Å². The molecular weight excluding hydrogens is 272 g/mol. The Labute approximate surface area is 122 Å². The fraction of sp³-hybridized carbons (Fsp3) is 0.357. The molecule has 1 aromatic heterocycles. The zero-order chi connectivity index (χ0) is 15.4. The Morgan fingerprint density at radius 2 is 2.19 bits per heavy atom. The summed E-state index contributed by atoms with van der Waals surface area (Å²) >= 11 is 0. The van der Waals surface area contributed by atoms with Crippen LogP contribution in [0.15, 0.2) is 24.4 Å². The Morgan fingerprint density at radius 3 is 2.81 bits per heavy atom. The quantitative estimate of drug-likeness (QED) is 0.653. The van der Waals surface area contributed by atoms with E-state index in [0.717, 1.165) is 17.7 Å². The predicted octanol–water partition coefficient (Wildman–Crippen LogP) is 2.51. The molecule has 0 spiro atoms. The minimum absolute atomic E-state index is 0.00116. The number of nitrogens with zero attached hydrogens (tertiary/aromatic N) is 3. The van der Waals surface area contributed by atoms with E-state index < -0.39 is 4.92 Å². The molecule has 7 heteroatoms. The number of nitro benzene ring substituents is 1. The van der Waals surface area contributed by atoms with Crippen molar-refractivity contribution in [2.45, 2.75) is 19.9 Å². The van der Waals surface area contributed by atoms with E-state index in [1.807, 2.05) is 20.2 Å². The standard InChI is InChI=1S/C14H18N4O3/c1-4-14-10(9-17(2)16-14)8-15-11-5-12(18(19)20)7-13(6-11)21-3/h5-7,9,15H,4,8H2,1-3H3. The SMILES string of the molecule is CCc1nn(C)cc1CNc1cc(OC)cc([N+](=O)[O-])c1. The average Bonchev–Trinajstić information content (AvgIpc) is 2.84. The predicted molar refractivity (Wildman–Crippen MR) is 79.6 cm³/mol. The van der Waals surface area contributed by atoms with Gasteiger partial charge in [-0.3, -0.25) is 14.8 Å². The van der Waals surface area contributed by atoms with Gasteiger partial charge >= 0.3 is 0 Å². The highest BCUT2D eigenvalue weighted by atomic mass is 16.6. The molecule has 1 heterocycles. The lowest BCUT2D eigenvalue weighted by Crippen LogP contribution is -2.02. The Kier molecular flexibility index (Phi) is 4.42. The topological polar surface area (TPSA) is 82.2 Å². The van der Waals surface area contributed by atoms with Gasteiger partial charge in [-0.05, 0) is 6.42 Å². The third kappa shape index (κ3) is 3.50. The third-order valence-corrected chi connectivity index (χ3v) is 3.15. The molecule has 1 aromatic carbocycles. The lowest BCUT2D eigenvalue weighted by Gasteiger charge is -2.08. The van der Waals surface area contributed by atoms with Crippen LogP contribution in [0.25, 0.3) is 0 Å². The first-order valence-electron chi connectivity index (χ1n) is 6.62. The van der Waals surface area contributed by atoms with Crippen molar-refractivity contribution in [1.82, 2.24) is 9.78 Å². The van der Waals surface area contributed by atoms with Gasteiger partial charge in [-0.2, -0.15) is 5.10 Å². The largest absolute Gasteiger partial charge is 0.496 e. The first-order chi connectivity index (χ1) is 10.0. The van der Waals surface area contributed by atoms with Crippen molar-refractivity contribution in [1.29, 1.82) is 0 Å². The molecule has 0 aliphatic heterocycles. The van der Waals surface area contributed by atoms with Crippen LogP contribution >= 0.6 is 0 Å². The zero-order valence-corrected chi connectivity index (χ0v) is 12.3. The molecule has 0 radical (unpaired) electrons. The van der Waals surface area contributed by atoms with Crippen molar-refractivity contribution < 1.29 is 9.66 Å². The zero-order valence-electron chi connectivity index (χ0n) is 12.3. The highest BCUT2D eigenvalue weighted by molar-refractivity contribution is 5.56. The van der Waals surface area contributed by atoms with E-state index in [-0.39, 0.29) is 5.69 Å². The molecule has 0 fully saturated rings. The number of non-ortho nitro benzene ring substituents is 1. The number of nitrogens with one attached hydrogen (secondary N) is 1. The maximum atomic E-state index is 10.9. The fourth-order valence-corrected chi connectivity index (χ4v) is 2.13. The molecule has 0 saturated carbocycles. The van der Waals surface area contributed by atoms with E-state index >= 15 is 0 Å². The van der Waals surface area contributed by atoms with Gasteiger partial charge in [-0.1, -0.05) is 6.92 Å². The number of anilines is 1. The summed E-state index contributed by atoms with van der Waals surface area (Å²) in [4.78, 5) is 10.5. The van der Waals surface area contributed by atoms with Crippen molar-refractivity contribution in [3.8, 4) is 5.75 Å². The van der Waals surface area contributed by atoms with Crippen LogP contribution in [0.4, 0.5) is 11.4 Å². The van der Waals surface area contributed by atoms with Gasteiger partial charge in [0.15, 0.2) is 0 Å². The number of rotatable bonds is 6. The summed E-state index contributed by atoms with van der Waals surface area (Å²) in [7, 11) is 3.36. The summed E-state index contributed by atoms with van der Waals surface area (Å²) in [5, 5.41) is 18.5. The third-order valence-electron chi connectivity index (χ3n) is 3.15. The van der Waals surface area contributed by atoms with Crippen molar-refractivity contribution >= 4 is 11.4 Å². The normalized spacial score (nSPS) is 10.4. The molecular formula is C14H18N4O3. The Bertz CT molecular complexity index is 652. The van der Waals surface area contributed by atoms with Gasteiger partial charge in [0.1, 0.15) is 5.75 Å². The van der Waals surface area contributed by atoms with Crippen LogP contribution in [-0.4, -0.2) is 21.8 Å². The molecule has 112 valence electrons. The van der Waals surface area contributed by atoms with E-state index in [2.05, 4.69) is 10.4 Å². The summed E-state index contributed by atoms with van der Waals surface area (Å²) in [5.41, 5.74) is 2.73. The molecule has 0 amide bonds. The number of ether oxygens (including phenoxy) is 1. The number of aromatic nitrogens is 2. The van der Waals surface area contributed by atoms with Crippen LogP contribution in [0.5, 0.6) is 5.75 Å². The molecule has 0 atom stereocenters. The number of methoxy groups -OCH3 is 1. The van der Waals surface area contributed by atoms with Gasteiger partial charge < -0.3 is 10.1 Å². The first-order valence-corrected chi connectivity index (χ1v) is 6.62. The lowest BCUT2D eigenvalue weighted by atomic mass is 10.2. The minimum Gasteiger partial charge on any atom is -0.496 e. The molecule has 0 aliphatic carbocycles. The van der Waals surface area contributed by atoms with Gasteiger partial charge in [0.25, 0.3) is 5.69 Å². The molecule has 7 nitrogen and oxygen atoms in total. The second-order valence-corrected chi connectivity index (χ2v) is 4.66.